The van der Waals surface area contributed by atoms with Crippen LogP contribution in [0.15, 0.2) is 11.6 Å². The summed E-state index contributed by atoms with van der Waals surface area (Å²) in [7, 11) is 0. The summed E-state index contributed by atoms with van der Waals surface area (Å²) in [5.74, 6) is 5.19. The summed E-state index contributed by atoms with van der Waals surface area (Å²) in [6.45, 7) is 13.7. The first-order chi connectivity index (χ1) is 16.7. The quantitative estimate of drug-likeness (QED) is 0.262. The molecule has 4 heteroatoms. The van der Waals surface area contributed by atoms with Crippen molar-refractivity contribution in [2.24, 2.45) is 52.1 Å². The van der Waals surface area contributed by atoms with Crippen molar-refractivity contribution in [1.82, 2.24) is 5.32 Å². The fourth-order valence-electron chi connectivity index (χ4n) is 9.24. The van der Waals surface area contributed by atoms with Crippen LogP contribution < -0.4 is 11.1 Å². The SMILES string of the molecule is CC(C)CCC[C@@H](C)C1CCC2[C@@H]3CC=C4C[C@@H](OC(=O)NCCCN)CC[C@]4(C)C3CC[C@@]21C. The molecule has 3 unspecified atom stereocenters. The molecule has 0 aromatic rings. The number of rotatable bonds is 9. The number of fused-ring (bicyclic) bond motifs is 5. The Morgan fingerprint density at radius 2 is 1.89 bits per heavy atom. The van der Waals surface area contributed by atoms with E-state index in [1.165, 1.54) is 57.8 Å². The number of nitrogens with one attached hydrogen (secondary N) is 1. The second-order valence-corrected chi connectivity index (χ2v) is 13.6. The molecule has 0 saturated heterocycles. The Bertz CT molecular complexity index is 763. The van der Waals surface area contributed by atoms with E-state index in [1.54, 1.807) is 5.57 Å². The summed E-state index contributed by atoms with van der Waals surface area (Å²) in [6.07, 6.45) is 17.4. The van der Waals surface area contributed by atoms with Crippen molar-refractivity contribution >= 4 is 6.09 Å². The number of carbonyl (C=O) groups excluding carboxylic acids is 1. The van der Waals surface area contributed by atoms with E-state index in [0.29, 0.717) is 23.9 Å². The highest BCUT2D eigenvalue weighted by molar-refractivity contribution is 5.67. The van der Waals surface area contributed by atoms with Gasteiger partial charge in [0.05, 0.1) is 0 Å². The van der Waals surface area contributed by atoms with Gasteiger partial charge < -0.3 is 15.8 Å². The fourth-order valence-corrected chi connectivity index (χ4v) is 9.24. The zero-order chi connectivity index (χ0) is 25.2. The molecule has 4 aliphatic rings. The van der Waals surface area contributed by atoms with Crippen molar-refractivity contribution in [3.8, 4) is 0 Å². The molecule has 0 bridgehead atoms. The molecule has 35 heavy (non-hydrogen) atoms. The number of hydrogen-bond donors (Lipinski definition) is 2. The molecule has 200 valence electrons. The highest BCUT2D eigenvalue weighted by Gasteiger charge is 2.59. The third kappa shape index (κ3) is 5.48. The third-order valence-electron chi connectivity index (χ3n) is 11.2. The van der Waals surface area contributed by atoms with Gasteiger partial charge in [-0.1, -0.05) is 65.5 Å². The molecule has 0 radical (unpaired) electrons. The first-order valence-electron chi connectivity index (χ1n) is 15.0. The molecule has 8 atom stereocenters. The highest BCUT2D eigenvalue weighted by Crippen LogP contribution is 2.67. The number of hydrogen-bond acceptors (Lipinski definition) is 3. The van der Waals surface area contributed by atoms with Gasteiger partial charge >= 0.3 is 6.09 Å². The standard InChI is InChI=1S/C31H54N2O2/c1-21(2)8-6-9-22(3)26-12-13-27-25-11-10-23-20-24(35-29(34)33-19-7-18-32)14-16-30(23,4)28(25)15-17-31(26,27)5/h10,21-22,24-28H,6-9,11-20,32H2,1-5H3,(H,33,34)/t22-,24+,25+,26?,27?,28?,30+,31-/m1/s1. The number of amides is 1. The predicted octanol–water partition coefficient (Wildman–Crippen LogP) is 7.47. The van der Waals surface area contributed by atoms with E-state index < -0.39 is 0 Å². The zero-order valence-corrected chi connectivity index (χ0v) is 23.4. The molecule has 3 N–H and O–H groups in total. The van der Waals surface area contributed by atoms with E-state index in [4.69, 9.17) is 10.5 Å². The molecule has 4 nitrogen and oxygen atoms in total. The average Bonchev–Trinajstić information content (AvgIpc) is 3.16. The first kappa shape index (κ1) is 27.0. The molecule has 0 heterocycles. The fraction of sp³-hybridized carbons (Fsp3) is 0.903. The minimum Gasteiger partial charge on any atom is -0.446 e. The molecule has 4 rings (SSSR count). The van der Waals surface area contributed by atoms with Crippen LogP contribution in [0.3, 0.4) is 0 Å². The lowest BCUT2D eigenvalue weighted by Gasteiger charge is -2.58. The van der Waals surface area contributed by atoms with E-state index in [1.807, 2.05) is 0 Å². The Morgan fingerprint density at radius 1 is 1.09 bits per heavy atom. The van der Waals surface area contributed by atoms with Gasteiger partial charge in [-0.15, -0.1) is 0 Å². The maximum absolute atomic E-state index is 12.2. The number of carbonyl (C=O) groups is 1. The largest absolute Gasteiger partial charge is 0.446 e. The maximum Gasteiger partial charge on any atom is 0.407 e. The molecular weight excluding hydrogens is 432 g/mol. The maximum atomic E-state index is 12.2. The van der Waals surface area contributed by atoms with Crippen LogP contribution in [0.1, 0.15) is 112 Å². The number of ether oxygens (including phenoxy) is 1. The molecule has 3 fully saturated rings. The highest BCUT2D eigenvalue weighted by atomic mass is 16.6. The summed E-state index contributed by atoms with van der Waals surface area (Å²) in [4.78, 5) is 12.2. The zero-order valence-electron chi connectivity index (χ0n) is 23.4. The molecule has 0 spiro atoms. The van der Waals surface area contributed by atoms with Gasteiger partial charge in [-0.3, -0.25) is 0 Å². The van der Waals surface area contributed by atoms with Gasteiger partial charge in [-0.25, -0.2) is 4.79 Å². The lowest BCUT2D eigenvalue weighted by molar-refractivity contribution is -0.0581. The number of nitrogens with two attached hydrogens (primary N) is 1. The number of allylic oxidation sites excluding steroid dienone is 1. The van der Waals surface area contributed by atoms with Crippen molar-refractivity contribution in [3.63, 3.8) is 0 Å². The van der Waals surface area contributed by atoms with Crippen molar-refractivity contribution in [2.45, 2.75) is 118 Å². The smallest absolute Gasteiger partial charge is 0.407 e. The van der Waals surface area contributed by atoms with Crippen LogP contribution >= 0.6 is 0 Å². The third-order valence-corrected chi connectivity index (χ3v) is 11.2. The van der Waals surface area contributed by atoms with Gasteiger partial charge in [0.15, 0.2) is 0 Å². The normalized spacial score (nSPS) is 39.3. The number of alkyl carbamates (subject to hydrolysis) is 1. The van der Waals surface area contributed by atoms with E-state index in [9.17, 15) is 4.79 Å². The Balaban J connectivity index is 1.39. The van der Waals surface area contributed by atoms with E-state index in [0.717, 1.165) is 54.8 Å². The molecule has 3 saturated carbocycles. The molecule has 0 aliphatic heterocycles. The van der Waals surface area contributed by atoms with Crippen LogP contribution in [0.5, 0.6) is 0 Å². The van der Waals surface area contributed by atoms with Crippen LogP contribution in [0.25, 0.3) is 0 Å². The van der Waals surface area contributed by atoms with Crippen molar-refractivity contribution in [2.75, 3.05) is 13.1 Å². The lowest BCUT2D eigenvalue weighted by atomic mass is 9.47. The predicted molar refractivity (Wildman–Crippen MR) is 145 cm³/mol. The Labute approximate surface area is 215 Å². The van der Waals surface area contributed by atoms with Crippen LogP contribution in [-0.4, -0.2) is 25.3 Å². The van der Waals surface area contributed by atoms with Gasteiger partial charge in [0.2, 0.25) is 0 Å². The molecule has 4 aliphatic carbocycles. The molecule has 0 aromatic carbocycles. The summed E-state index contributed by atoms with van der Waals surface area (Å²) in [6, 6.07) is 0. The summed E-state index contributed by atoms with van der Waals surface area (Å²) in [5, 5.41) is 2.86. The van der Waals surface area contributed by atoms with Crippen LogP contribution in [0, 0.1) is 46.3 Å². The van der Waals surface area contributed by atoms with Crippen molar-refractivity contribution < 1.29 is 9.53 Å². The Morgan fingerprint density at radius 3 is 2.63 bits per heavy atom. The summed E-state index contributed by atoms with van der Waals surface area (Å²) in [5.41, 5.74) is 7.97. The second kappa shape index (κ2) is 11.2. The van der Waals surface area contributed by atoms with Crippen molar-refractivity contribution in [1.29, 1.82) is 0 Å². The van der Waals surface area contributed by atoms with Gasteiger partial charge in [0.1, 0.15) is 6.10 Å². The van der Waals surface area contributed by atoms with Crippen LogP contribution in [0.2, 0.25) is 0 Å². The Kier molecular flexibility index (Phi) is 8.61. The van der Waals surface area contributed by atoms with Gasteiger partial charge in [-0.05, 0) is 104 Å². The van der Waals surface area contributed by atoms with Gasteiger partial charge in [0.25, 0.3) is 0 Å². The molecular formula is C31H54N2O2. The van der Waals surface area contributed by atoms with E-state index >= 15 is 0 Å². The van der Waals surface area contributed by atoms with Gasteiger partial charge in [0, 0.05) is 13.0 Å². The second-order valence-electron chi connectivity index (χ2n) is 13.6. The summed E-state index contributed by atoms with van der Waals surface area (Å²) >= 11 is 0. The molecule has 0 aromatic heterocycles. The molecule has 1 amide bonds. The van der Waals surface area contributed by atoms with E-state index in [2.05, 4.69) is 46.0 Å². The first-order valence-corrected chi connectivity index (χ1v) is 15.0. The van der Waals surface area contributed by atoms with E-state index in [-0.39, 0.29) is 12.2 Å². The topological polar surface area (TPSA) is 64.3 Å². The Hall–Kier alpha value is -1.03. The van der Waals surface area contributed by atoms with Crippen LogP contribution in [0.4, 0.5) is 4.79 Å². The minimum atomic E-state index is -0.269. The average molecular weight is 487 g/mol. The lowest BCUT2D eigenvalue weighted by Crippen LogP contribution is -2.51. The van der Waals surface area contributed by atoms with Gasteiger partial charge in [-0.2, -0.15) is 0 Å². The van der Waals surface area contributed by atoms with Crippen molar-refractivity contribution in [3.05, 3.63) is 11.6 Å². The minimum absolute atomic E-state index is 0.0279. The summed E-state index contributed by atoms with van der Waals surface area (Å²) < 4.78 is 5.81. The van der Waals surface area contributed by atoms with Crippen LogP contribution in [-0.2, 0) is 4.74 Å². The monoisotopic (exact) mass is 486 g/mol.